The minimum absolute atomic E-state index is 0.0863. The summed E-state index contributed by atoms with van der Waals surface area (Å²) in [6.45, 7) is 10.8. The number of nitrogens with one attached hydrogen (secondary N) is 2. The van der Waals surface area contributed by atoms with Crippen molar-refractivity contribution >= 4 is 5.91 Å². The molecule has 0 fully saturated rings. The number of rotatable bonds is 9. The largest absolute Gasteiger partial charge is 0.352 e. The molecule has 2 N–H and O–H groups in total. The molecule has 0 aliphatic heterocycles. The van der Waals surface area contributed by atoms with E-state index in [1.54, 1.807) is 0 Å². The molecule has 20 heavy (non-hydrogen) atoms. The van der Waals surface area contributed by atoms with E-state index in [1.165, 1.54) is 5.56 Å². The van der Waals surface area contributed by atoms with Crippen LogP contribution in [-0.4, -0.2) is 23.1 Å². The van der Waals surface area contributed by atoms with Crippen LogP contribution in [0.4, 0.5) is 0 Å². The maximum atomic E-state index is 11.9. The minimum Gasteiger partial charge on any atom is -0.352 e. The van der Waals surface area contributed by atoms with Crippen LogP contribution in [-0.2, 0) is 17.9 Å². The van der Waals surface area contributed by atoms with Crippen molar-refractivity contribution in [1.29, 1.82) is 0 Å². The number of amides is 1. The van der Waals surface area contributed by atoms with Gasteiger partial charge in [0.2, 0.25) is 5.91 Å². The summed E-state index contributed by atoms with van der Waals surface area (Å²) in [5.41, 5.74) is 1.22. The molecule has 0 aliphatic rings. The van der Waals surface area contributed by atoms with E-state index >= 15 is 0 Å². The summed E-state index contributed by atoms with van der Waals surface area (Å²) in [7, 11) is 0. The van der Waals surface area contributed by atoms with Crippen molar-refractivity contribution in [3.05, 3.63) is 24.0 Å². The van der Waals surface area contributed by atoms with Gasteiger partial charge in [0.1, 0.15) is 6.54 Å². The van der Waals surface area contributed by atoms with Gasteiger partial charge in [-0.05, 0) is 37.4 Å². The van der Waals surface area contributed by atoms with Gasteiger partial charge in [-0.2, -0.15) is 0 Å². The van der Waals surface area contributed by atoms with Crippen molar-refractivity contribution < 1.29 is 4.79 Å². The fraction of sp³-hybridized carbons (Fsp3) is 0.688. The summed E-state index contributed by atoms with van der Waals surface area (Å²) in [6, 6.07) is 2.33. The van der Waals surface area contributed by atoms with E-state index in [-0.39, 0.29) is 11.9 Å². The highest BCUT2D eigenvalue weighted by atomic mass is 16.2. The standard InChI is InChI=1S/C16H29N3O/c1-5-6-14(4)18-16(20)12-19-8-7-15(11-19)10-17-9-13(2)3/h7-8,11,13-14,17H,5-6,9-10,12H2,1-4H3,(H,18,20). The molecule has 0 bridgehead atoms. The summed E-state index contributed by atoms with van der Waals surface area (Å²) < 4.78 is 1.94. The third-order valence-electron chi connectivity index (χ3n) is 3.15. The van der Waals surface area contributed by atoms with Crippen LogP contribution in [0, 0.1) is 5.92 Å². The van der Waals surface area contributed by atoms with Gasteiger partial charge < -0.3 is 15.2 Å². The van der Waals surface area contributed by atoms with Crippen molar-refractivity contribution in [2.45, 2.75) is 59.7 Å². The monoisotopic (exact) mass is 279 g/mol. The molecule has 114 valence electrons. The normalized spacial score (nSPS) is 12.7. The predicted molar refractivity (Wildman–Crippen MR) is 83.5 cm³/mol. The summed E-state index contributed by atoms with van der Waals surface area (Å²) in [6.07, 6.45) is 6.13. The Kier molecular flexibility index (Phi) is 7.37. The highest BCUT2D eigenvalue weighted by Gasteiger charge is 2.07. The molecule has 0 radical (unpaired) electrons. The van der Waals surface area contributed by atoms with Gasteiger partial charge in [0.25, 0.3) is 0 Å². The SMILES string of the molecule is CCCC(C)NC(=O)Cn1ccc(CNCC(C)C)c1. The van der Waals surface area contributed by atoms with E-state index in [2.05, 4.69) is 44.4 Å². The number of nitrogens with zero attached hydrogens (tertiary/aromatic N) is 1. The molecule has 1 atom stereocenters. The molecule has 0 aliphatic carbocycles. The van der Waals surface area contributed by atoms with Crippen LogP contribution < -0.4 is 10.6 Å². The number of carbonyl (C=O) groups excluding carboxylic acids is 1. The molecule has 0 spiro atoms. The Morgan fingerprint density at radius 1 is 1.35 bits per heavy atom. The van der Waals surface area contributed by atoms with E-state index in [4.69, 9.17) is 0 Å². The second-order valence-electron chi connectivity index (χ2n) is 5.97. The van der Waals surface area contributed by atoms with Crippen LogP contribution in [0.2, 0.25) is 0 Å². The lowest BCUT2D eigenvalue weighted by atomic mass is 10.2. The molecule has 0 aromatic carbocycles. The molecule has 4 heteroatoms. The van der Waals surface area contributed by atoms with E-state index in [0.717, 1.165) is 25.9 Å². The number of hydrogen-bond donors (Lipinski definition) is 2. The average Bonchev–Trinajstić information content (AvgIpc) is 2.76. The van der Waals surface area contributed by atoms with Crippen LogP contribution in [0.5, 0.6) is 0 Å². The summed E-state index contributed by atoms with van der Waals surface area (Å²) in [4.78, 5) is 11.9. The zero-order valence-electron chi connectivity index (χ0n) is 13.3. The zero-order chi connectivity index (χ0) is 15.0. The molecule has 1 amide bonds. The quantitative estimate of drug-likeness (QED) is 0.729. The first-order valence-electron chi connectivity index (χ1n) is 7.66. The van der Waals surface area contributed by atoms with Gasteiger partial charge in [0.05, 0.1) is 0 Å². The highest BCUT2D eigenvalue weighted by Crippen LogP contribution is 2.02. The Hall–Kier alpha value is -1.29. The van der Waals surface area contributed by atoms with Gasteiger partial charge in [-0.1, -0.05) is 27.2 Å². The highest BCUT2D eigenvalue weighted by molar-refractivity contribution is 5.76. The van der Waals surface area contributed by atoms with Crippen LogP contribution in [0.1, 0.15) is 46.1 Å². The molecule has 1 aromatic heterocycles. The Morgan fingerprint density at radius 3 is 2.75 bits per heavy atom. The van der Waals surface area contributed by atoms with Crippen molar-refractivity contribution in [2.75, 3.05) is 6.54 Å². The lowest BCUT2D eigenvalue weighted by molar-refractivity contribution is -0.122. The first-order valence-corrected chi connectivity index (χ1v) is 7.66. The lowest BCUT2D eigenvalue weighted by Crippen LogP contribution is -2.34. The maximum absolute atomic E-state index is 11.9. The number of carbonyl (C=O) groups is 1. The van der Waals surface area contributed by atoms with Crippen LogP contribution in [0.3, 0.4) is 0 Å². The Morgan fingerprint density at radius 2 is 2.10 bits per heavy atom. The topological polar surface area (TPSA) is 46.1 Å². The van der Waals surface area contributed by atoms with Gasteiger partial charge in [0.15, 0.2) is 0 Å². The first kappa shape index (κ1) is 16.8. The van der Waals surface area contributed by atoms with Crippen molar-refractivity contribution in [2.24, 2.45) is 5.92 Å². The van der Waals surface area contributed by atoms with Gasteiger partial charge in [-0.25, -0.2) is 0 Å². The molecular weight excluding hydrogens is 250 g/mol. The van der Waals surface area contributed by atoms with Gasteiger partial charge in [-0.15, -0.1) is 0 Å². The van der Waals surface area contributed by atoms with Gasteiger partial charge >= 0.3 is 0 Å². The minimum atomic E-state index is 0.0863. The third-order valence-corrected chi connectivity index (χ3v) is 3.15. The average molecular weight is 279 g/mol. The van der Waals surface area contributed by atoms with E-state index < -0.39 is 0 Å². The first-order chi connectivity index (χ1) is 9.51. The predicted octanol–water partition coefficient (Wildman–Crippen LogP) is 2.54. The second-order valence-corrected chi connectivity index (χ2v) is 5.97. The number of aromatic nitrogens is 1. The van der Waals surface area contributed by atoms with Crippen molar-refractivity contribution in [3.8, 4) is 0 Å². The Balaban J connectivity index is 2.34. The molecular formula is C16H29N3O. The smallest absolute Gasteiger partial charge is 0.240 e. The fourth-order valence-electron chi connectivity index (χ4n) is 2.19. The van der Waals surface area contributed by atoms with Crippen molar-refractivity contribution in [3.63, 3.8) is 0 Å². The third kappa shape index (κ3) is 6.75. The van der Waals surface area contributed by atoms with Gasteiger partial charge in [0, 0.05) is 25.0 Å². The van der Waals surface area contributed by atoms with E-state index in [9.17, 15) is 4.79 Å². The van der Waals surface area contributed by atoms with Gasteiger partial charge in [-0.3, -0.25) is 4.79 Å². The molecule has 4 nitrogen and oxygen atoms in total. The van der Waals surface area contributed by atoms with Crippen LogP contribution in [0.25, 0.3) is 0 Å². The number of hydrogen-bond acceptors (Lipinski definition) is 2. The lowest BCUT2D eigenvalue weighted by Gasteiger charge is -2.13. The molecule has 0 saturated heterocycles. The molecule has 1 aromatic rings. The Bertz CT molecular complexity index is 398. The maximum Gasteiger partial charge on any atom is 0.240 e. The Labute approximate surface area is 122 Å². The second kappa shape index (κ2) is 8.80. The summed E-state index contributed by atoms with van der Waals surface area (Å²) in [5.74, 6) is 0.742. The van der Waals surface area contributed by atoms with E-state index in [1.807, 2.05) is 17.0 Å². The van der Waals surface area contributed by atoms with Crippen molar-refractivity contribution in [1.82, 2.24) is 15.2 Å². The molecule has 1 rings (SSSR count). The molecule has 1 unspecified atom stereocenters. The molecule has 0 saturated carbocycles. The van der Waals surface area contributed by atoms with Crippen LogP contribution in [0.15, 0.2) is 18.5 Å². The van der Waals surface area contributed by atoms with E-state index in [0.29, 0.717) is 12.5 Å². The summed E-state index contributed by atoms with van der Waals surface area (Å²) in [5, 5.41) is 6.42. The molecule has 1 heterocycles. The fourth-order valence-corrected chi connectivity index (χ4v) is 2.19. The summed E-state index contributed by atoms with van der Waals surface area (Å²) >= 11 is 0. The van der Waals surface area contributed by atoms with Crippen LogP contribution >= 0.6 is 0 Å². The zero-order valence-corrected chi connectivity index (χ0v) is 13.3.